The van der Waals surface area contributed by atoms with Crippen molar-refractivity contribution in [2.24, 2.45) is 5.92 Å². The van der Waals surface area contributed by atoms with Gasteiger partial charge in [0.1, 0.15) is 0 Å². The van der Waals surface area contributed by atoms with Crippen LogP contribution in [0.5, 0.6) is 0 Å². The average Bonchev–Trinajstić information content (AvgIpc) is 3.04. The summed E-state index contributed by atoms with van der Waals surface area (Å²) in [4.78, 5) is 10.5. The molecule has 0 radical (unpaired) electrons. The first-order valence-corrected chi connectivity index (χ1v) is 6.15. The molecule has 2 unspecified atom stereocenters. The van der Waals surface area contributed by atoms with Crippen molar-refractivity contribution in [1.82, 2.24) is 5.32 Å². The minimum Gasteiger partial charge on any atom is -0.309 e. The summed E-state index contributed by atoms with van der Waals surface area (Å²) < 4.78 is 0. The second kappa shape index (κ2) is 5.02. The van der Waals surface area contributed by atoms with E-state index in [1.54, 1.807) is 12.1 Å². The largest absolute Gasteiger partial charge is 0.309 e. The number of halogens is 1. The fourth-order valence-corrected chi connectivity index (χ4v) is 2.26. The Bertz CT molecular complexity index is 437. The van der Waals surface area contributed by atoms with Gasteiger partial charge in [-0.2, -0.15) is 0 Å². The van der Waals surface area contributed by atoms with Crippen LogP contribution in [0.1, 0.15) is 25.3 Å². The summed E-state index contributed by atoms with van der Waals surface area (Å²) in [5.41, 5.74) is 0.792. The number of benzene rings is 1. The van der Waals surface area contributed by atoms with Crippen LogP contribution in [0.15, 0.2) is 18.2 Å². The van der Waals surface area contributed by atoms with Gasteiger partial charge in [0.25, 0.3) is 5.69 Å². The predicted molar refractivity (Wildman–Crippen MR) is 67.1 cm³/mol. The quantitative estimate of drug-likeness (QED) is 0.649. The number of nitro groups is 1. The second-order valence-electron chi connectivity index (χ2n) is 4.42. The van der Waals surface area contributed by atoms with Crippen molar-refractivity contribution < 1.29 is 4.92 Å². The molecule has 0 spiro atoms. The zero-order valence-electron chi connectivity index (χ0n) is 9.65. The van der Waals surface area contributed by atoms with Crippen molar-refractivity contribution in [2.75, 3.05) is 0 Å². The first kappa shape index (κ1) is 12.3. The number of hydrogen-bond donors (Lipinski definition) is 1. The van der Waals surface area contributed by atoms with Gasteiger partial charge in [0.05, 0.1) is 4.92 Å². The van der Waals surface area contributed by atoms with Crippen LogP contribution >= 0.6 is 11.6 Å². The molecule has 0 bridgehead atoms. The first-order valence-electron chi connectivity index (χ1n) is 5.78. The minimum absolute atomic E-state index is 0.135. The molecule has 1 aromatic rings. The van der Waals surface area contributed by atoms with Crippen molar-refractivity contribution >= 4 is 17.3 Å². The Hall–Kier alpha value is -1.13. The molecule has 0 aliphatic heterocycles. The van der Waals surface area contributed by atoms with Gasteiger partial charge in [0.15, 0.2) is 0 Å². The first-order chi connectivity index (χ1) is 8.11. The lowest BCUT2D eigenvalue weighted by atomic mass is 10.2. The zero-order chi connectivity index (χ0) is 12.4. The van der Waals surface area contributed by atoms with E-state index in [0.29, 0.717) is 23.2 Å². The third kappa shape index (κ3) is 2.96. The third-order valence-electron chi connectivity index (χ3n) is 3.24. The molecule has 2 atom stereocenters. The Kier molecular flexibility index (Phi) is 3.64. The van der Waals surface area contributed by atoms with E-state index in [0.717, 1.165) is 12.3 Å². The summed E-state index contributed by atoms with van der Waals surface area (Å²) in [6, 6.07) is 5.19. The smallest absolute Gasteiger partial charge is 0.273 e. The highest BCUT2D eigenvalue weighted by atomic mass is 35.5. The molecule has 0 saturated heterocycles. The van der Waals surface area contributed by atoms with Gasteiger partial charge in [-0.1, -0.05) is 24.9 Å². The van der Waals surface area contributed by atoms with Crippen LogP contribution in [0, 0.1) is 16.0 Å². The molecule has 1 N–H and O–H groups in total. The molecule has 2 rings (SSSR count). The molecule has 0 aromatic heterocycles. The molecule has 0 amide bonds. The molecular weight excluding hydrogens is 240 g/mol. The molecule has 1 fully saturated rings. The van der Waals surface area contributed by atoms with Crippen LogP contribution in [0.3, 0.4) is 0 Å². The van der Waals surface area contributed by atoms with Gasteiger partial charge in [0, 0.05) is 29.2 Å². The van der Waals surface area contributed by atoms with Crippen molar-refractivity contribution in [1.29, 1.82) is 0 Å². The van der Waals surface area contributed by atoms with Crippen LogP contribution in [-0.4, -0.2) is 11.0 Å². The molecule has 5 heteroatoms. The molecule has 92 valence electrons. The van der Waals surface area contributed by atoms with E-state index >= 15 is 0 Å². The molecule has 1 aliphatic rings. The van der Waals surface area contributed by atoms with Gasteiger partial charge in [-0.25, -0.2) is 0 Å². The van der Waals surface area contributed by atoms with Gasteiger partial charge in [0.2, 0.25) is 0 Å². The Morgan fingerprint density at radius 3 is 2.94 bits per heavy atom. The molecule has 1 aliphatic carbocycles. The van der Waals surface area contributed by atoms with Crippen molar-refractivity contribution in [3.63, 3.8) is 0 Å². The highest BCUT2D eigenvalue weighted by molar-refractivity contribution is 6.30. The molecule has 1 aromatic carbocycles. The van der Waals surface area contributed by atoms with Gasteiger partial charge >= 0.3 is 0 Å². The fourth-order valence-electron chi connectivity index (χ4n) is 2.06. The maximum Gasteiger partial charge on any atom is 0.273 e. The molecular formula is C12H15ClN2O2. The number of rotatable bonds is 5. The Morgan fingerprint density at radius 2 is 2.35 bits per heavy atom. The lowest BCUT2D eigenvalue weighted by molar-refractivity contribution is -0.385. The zero-order valence-corrected chi connectivity index (χ0v) is 10.4. The summed E-state index contributed by atoms with van der Waals surface area (Å²) in [7, 11) is 0. The lowest BCUT2D eigenvalue weighted by Gasteiger charge is -2.05. The van der Waals surface area contributed by atoms with E-state index < -0.39 is 0 Å². The van der Waals surface area contributed by atoms with E-state index in [4.69, 9.17) is 11.6 Å². The van der Waals surface area contributed by atoms with E-state index in [-0.39, 0.29) is 10.6 Å². The Labute approximate surface area is 105 Å². The van der Waals surface area contributed by atoms with E-state index in [1.807, 2.05) is 0 Å². The second-order valence-corrected chi connectivity index (χ2v) is 4.86. The van der Waals surface area contributed by atoms with E-state index in [9.17, 15) is 10.1 Å². The van der Waals surface area contributed by atoms with Gasteiger partial charge in [-0.3, -0.25) is 10.1 Å². The number of nitrogens with one attached hydrogen (secondary N) is 1. The molecule has 17 heavy (non-hydrogen) atoms. The van der Waals surface area contributed by atoms with Gasteiger partial charge in [-0.15, -0.1) is 0 Å². The van der Waals surface area contributed by atoms with Crippen molar-refractivity contribution in [3.05, 3.63) is 38.9 Å². The van der Waals surface area contributed by atoms with Crippen molar-refractivity contribution in [3.8, 4) is 0 Å². The highest BCUT2D eigenvalue weighted by Crippen LogP contribution is 2.33. The summed E-state index contributed by atoms with van der Waals surface area (Å²) in [5, 5.41) is 14.7. The topological polar surface area (TPSA) is 55.2 Å². The van der Waals surface area contributed by atoms with Crippen LogP contribution in [0.25, 0.3) is 0 Å². The van der Waals surface area contributed by atoms with Gasteiger partial charge in [-0.05, 0) is 24.5 Å². The number of hydrogen-bond acceptors (Lipinski definition) is 3. The maximum atomic E-state index is 10.8. The average molecular weight is 255 g/mol. The van der Waals surface area contributed by atoms with E-state index in [2.05, 4.69) is 12.2 Å². The minimum atomic E-state index is -0.364. The van der Waals surface area contributed by atoms with Crippen molar-refractivity contribution in [2.45, 2.75) is 32.4 Å². The summed E-state index contributed by atoms with van der Waals surface area (Å²) in [6.45, 7) is 2.67. The maximum absolute atomic E-state index is 10.8. The SMILES string of the molecule is CCC1CC1NCc1cc(Cl)ccc1[N+](=O)[O-]. The van der Waals surface area contributed by atoms with E-state index in [1.165, 1.54) is 12.5 Å². The summed E-state index contributed by atoms with van der Waals surface area (Å²) >= 11 is 5.86. The van der Waals surface area contributed by atoms with Crippen LogP contribution in [0.2, 0.25) is 5.02 Å². The lowest BCUT2D eigenvalue weighted by Crippen LogP contribution is -2.18. The summed E-state index contributed by atoms with van der Waals surface area (Å²) in [6.07, 6.45) is 2.33. The monoisotopic (exact) mass is 254 g/mol. The van der Waals surface area contributed by atoms with Crippen LogP contribution in [-0.2, 0) is 6.54 Å². The number of nitrogens with zero attached hydrogens (tertiary/aromatic N) is 1. The highest BCUT2D eigenvalue weighted by Gasteiger charge is 2.34. The summed E-state index contributed by atoms with van der Waals surface area (Å²) in [5.74, 6) is 0.730. The Balaban J connectivity index is 2.03. The van der Waals surface area contributed by atoms with Gasteiger partial charge < -0.3 is 5.32 Å². The molecule has 1 saturated carbocycles. The normalized spacial score (nSPS) is 22.5. The fraction of sp³-hybridized carbons (Fsp3) is 0.500. The third-order valence-corrected chi connectivity index (χ3v) is 3.48. The molecule has 0 heterocycles. The molecule has 4 nitrogen and oxygen atoms in total. The van der Waals surface area contributed by atoms with Crippen LogP contribution < -0.4 is 5.32 Å². The standard InChI is InChI=1S/C12H15ClN2O2/c1-2-8-6-11(8)14-7-9-5-10(13)3-4-12(9)15(16)17/h3-5,8,11,14H,2,6-7H2,1H3. The predicted octanol–water partition coefficient (Wildman–Crippen LogP) is 3.14. The van der Waals surface area contributed by atoms with Crippen LogP contribution in [0.4, 0.5) is 5.69 Å². The number of nitro benzene ring substituents is 1. The Morgan fingerprint density at radius 1 is 1.59 bits per heavy atom.